The normalized spacial score (nSPS) is 17.1. The van der Waals surface area contributed by atoms with Crippen LogP contribution in [-0.2, 0) is 14.8 Å². The van der Waals surface area contributed by atoms with Crippen LogP contribution < -0.4 is 11.1 Å². The van der Waals surface area contributed by atoms with Gasteiger partial charge in [0.05, 0.1) is 0 Å². The molecule has 1 aromatic rings. The van der Waals surface area contributed by atoms with Gasteiger partial charge in [0, 0.05) is 13.3 Å². The fraction of sp³-hybridized carbons (Fsp3) is 0.833. The topological polar surface area (TPSA) is 127 Å². The predicted octanol–water partition coefficient (Wildman–Crippen LogP) is 5.86. The van der Waals surface area contributed by atoms with E-state index in [-0.39, 0.29) is 21.2 Å². The van der Waals surface area contributed by atoms with Crippen LogP contribution >= 0.6 is 11.3 Å². The number of carbonyl (C=O) groups excluding carboxylic acids is 1. The Bertz CT molecular complexity index is 885. The number of nitrogens with one attached hydrogen (secondary N) is 1. The van der Waals surface area contributed by atoms with Crippen molar-refractivity contribution in [2.75, 3.05) is 5.32 Å². The summed E-state index contributed by atoms with van der Waals surface area (Å²) >= 11 is 0.759. The van der Waals surface area contributed by atoms with Gasteiger partial charge >= 0.3 is 10.0 Å². The van der Waals surface area contributed by atoms with Crippen molar-refractivity contribution in [3.05, 3.63) is 0 Å². The highest BCUT2D eigenvalue weighted by Crippen LogP contribution is 2.41. The van der Waals surface area contributed by atoms with Gasteiger partial charge in [-0.3, -0.25) is 4.79 Å². The molecule has 0 saturated carbocycles. The van der Waals surface area contributed by atoms with Gasteiger partial charge in [0.2, 0.25) is 11.0 Å². The lowest BCUT2D eigenvalue weighted by molar-refractivity contribution is -0.114. The fourth-order valence-electron chi connectivity index (χ4n) is 5.36. The summed E-state index contributed by atoms with van der Waals surface area (Å²) in [5.74, 6) is 3.14. The Morgan fingerprint density at radius 1 is 1.00 bits per heavy atom. The maximum atomic E-state index is 12.5. The zero-order valence-electron chi connectivity index (χ0n) is 22.0. The van der Waals surface area contributed by atoms with Gasteiger partial charge in [0.25, 0.3) is 4.34 Å². The number of hydrogen-bond donors (Lipinski definition) is 2. The minimum absolute atomic E-state index is 0.0808. The van der Waals surface area contributed by atoms with Crippen LogP contribution in [0.1, 0.15) is 99.8 Å². The quantitative estimate of drug-likeness (QED) is 0.161. The molecule has 0 aliphatic carbocycles. The lowest BCUT2D eigenvalue weighted by Gasteiger charge is -2.39. The van der Waals surface area contributed by atoms with Gasteiger partial charge in [-0.1, -0.05) is 85.0 Å². The summed E-state index contributed by atoms with van der Waals surface area (Å²) in [6.45, 7) is 15.2. The number of nitrogens with two attached hydrogens (primary N) is 1. The molecule has 0 saturated heterocycles. The molecule has 8 nitrogen and oxygen atoms in total. The second kappa shape index (κ2) is 14.8. The first-order chi connectivity index (χ1) is 16.0. The van der Waals surface area contributed by atoms with Crippen LogP contribution in [0.15, 0.2) is 8.74 Å². The highest BCUT2D eigenvalue weighted by molar-refractivity contribution is 7.92. The Labute approximate surface area is 210 Å². The van der Waals surface area contributed by atoms with Crippen molar-refractivity contribution < 1.29 is 13.2 Å². The molecular formula is C24H45N5O3S2. The van der Waals surface area contributed by atoms with Crippen molar-refractivity contribution in [3.8, 4) is 0 Å². The molecule has 0 spiro atoms. The maximum absolute atomic E-state index is 12.5. The van der Waals surface area contributed by atoms with Gasteiger partial charge in [-0.2, -0.15) is 8.42 Å². The van der Waals surface area contributed by atoms with Crippen LogP contribution in [0.25, 0.3) is 0 Å². The minimum atomic E-state index is -4.04. The average molecular weight is 516 g/mol. The molecule has 0 bridgehead atoms. The molecule has 0 fully saturated rings. The molecule has 1 heterocycles. The lowest BCUT2D eigenvalue weighted by atomic mass is 9.66. The predicted molar refractivity (Wildman–Crippen MR) is 141 cm³/mol. The highest BCUT2D eigenvalue weighted by atomic mass is 32.2. The summed E-state index contributed by atoms with van der Waals surface area (Å²) in [7, 11) is -4.04. The van der Waals surface area contributed by atoms with E-state index in [9.17, 15) is 13.2 Å². The second-order valence-corrected chi connectivity index (χ2v) is 12.0. The van der Waals surface area contributed by atoms with Crippen LogP contribution in [0.4, 0.5) is 5.13 Å². The number of anilines is 1. The standard InChI is InChI=1S/C24H45N5O3S2/c1-8-16(6)19(10-3)21(12-5)20(11-4)18(9-2)14-13-15-22(25)29-34(31,32)24-28-27-23(33-24)26-17(7)30/h16,18-21H,8-15H2,1-7H3,(H2,25,29)(H,26,27,30). The molecule has 1 rings (SSSR count). The van der Waals surface area contributed by atoms with Crippen LogP contribution in [0, 0.1) is 29.6 Å². The average Bonchev–Trinajstić information content (AvgIpc) is 3.25. The van der Waals surface area contributed by atoms with Crippen molar-refractivity contribution >= 4 is 38.2 Å². The van der Waals surface area contributed by atoms with E-state index in [4.69, 9.17) is 5.73 Å². The van der Waals surface area contributed by atoms with Gasteiger partial charge in [0.1, 0.15) is 5.84 Å². The summed E-state index contributed by atoms with van der Waals surface area (Å²) in [6.07, 6.45) is 8.12. The van der Waals surface area contributed by atoms with Crippen LogP contribution in [-0.4, -0.2) is 30.4 Å². The Morgan fingerprint density at radius 3 is 2.12 bits per heavy atom. The molecule has 34 heavy (non-hydrogen) atoms. The Morgan fingerprint density at radius 2 is 1.62 bits per heavy atom. The van der Waals surface area contributed by atoms with Crippen molar-refractivity contribution in [3.63, 3.8) is 0 Å². The largest absolute Gasteiger partial charge is 0.386 e. The van der Waals surface area contributed by atoms with E-state index in [0.717, 1.165) is 48.9 Å². The van der Waals surface area contributed by atoms with E-state index >= 15 is 0 Å². The molecule has 0 aliphatic heterocycles. The molecule has 0 radical (unpaired) electrons. The first-order valence-electron chi connectivity index (χ1n) is 12.7. The molecular weight excluding hydrogens is 470 g/mol. The van der Waals surface area contributed by atoms with E-state index in [1.165, 1.54) is 26.2 Å². The van der Waals surface area contributed by atoms with Crippen molar-refractivity contribution in [1.82, 2.24) is 10.2 Å². The number of amides is 1. The fourth-order valence-corrected chi connectivity index (χ4v) is 7.27. The van der Waals surface area contributed by atoms with E-state index in [1.54, 1.807) is 0 Å². The van der Waals surface area contributed by atoms with Crippen LogP contribution in [0.2, 0.25) is 0 Å². The summed E-state index contributed by atoms with van der Waals surface area (Å²) in [5, 5.41) is 9.83. The monoisotopic (exact) mass is 515 g/mol. The van der Waals surface area contributed by atoms with Crippen LogP contribution in [0.3, 0.4) is 0 Å². The van der Waals surface area contributed by atoms with Crippen molar-refractivity contribution in [2.45, 2.75) is 104 Å². The molecule has 3 N–H and O–H groups in total. The number of rotatable bonds is 16. The van der Waals surface area contributed by atoms with Crippen molar-refractivity contribution in [1.29, 1.82) is 0 Å². The zero-order chi connectivity index (χ0) is 25.9. The molecule has 196 valence electrons. The number of amidine groups is 1. The third-order valence-corrected chi connectivity index (χ3v) is 9.69. The summed E-state index contributed by atoms with van der Waals surface area (Å²) in [5.41, 5.74) is 5.99. The molecule has 1 aromatic heterocycles. The minimum Gasteiger partial charge on any atom is -0.386 e. The molecule has 0 aromatic carbocycles. The van der Waals surface area contributed by atoms with Gasteiger partial charge < -0.3 is 11.1 Å². The van der Waals surface area contributed by atoms with Crippen LogP contribution in [0.5, 0.6) is 0 Å². The SMILES string of the molecule is CCC(C)C(CC)C(CC)C(CC)C(CC)CCC/C(N)=N\S(=O)(=O)c1nnc(NC(C)=O)s1. The van der Waals surface area contributed by atoms with E-state index in [1.807, 2.05) is 0 Å². The summed E-state index contributed by atoms with van der Waals surface area (Å²) in [4.78, 5) is 11.1. The molecule has 1 amide bonds. The number of hydrogen-bond acceptors (Lipinski definition) is 6. The van der Waals surface area contributed by atoms with Gasteiger partial charge in [-0.25, -0.2) is 0 Å². The van der Waals surface area contributed by atoms with Crippen molar-refractivity contribution in [2.24, 2.45) is 39.7 Å². The number of sulfonamides is 1. The molecule has 5 atom stereocenters. The van der Waals surface area contributed by atoms with E-state index < -0.39 is 10.0 Å². The summed E-state index contributed by atoms with van der Waals surface area (Å²) in [6, 6.07) is 0. The number of nitrogens with zero attached hydrogens (tertiary/aromatic N) is 3. The zero-order valence-corrected chi connectivity index (χ0v) is 23.6. The van der Waals surface area contributed by atoms with E-state index in [2.05, 4.69) is 61.5 Å². The Kier molecular flexibility index (Phi) is 13.2. The Balaban J connectivity index is 2.84. The second-order valence-electron chi connectivity index (χ2n) is 9.27. The maximum Gasteiger partial charge on any atom is 0.313 e. The number of aromatic nitrogens is 2. The lowest BCUT2D eigenvalue weighted by Crippen LogP contribution is -2.32. The molecule has 10 heteroatoms. The van der Waals surface area contributed by atoms with E-state index in [0.29, 0.717) is 24.2 Å². The first-order valence-corrected chi connectivity index (χ1v) is 15.0. The summed E-state index contributed by atoms with van der Waals surface area (Å²) < 4.78 is 28.5. The smallest absolute Gasteiger partial charge is 0.313 e. The van der Waals surface area contributed by atoms with Gasteiger partial charge in [-0.05, 0) is 42.4 Å². The third-order valence-electron chi connectivity index (χ3n) is 7.17. The van der Waals surface area contributed by atoms with Gasteiger partial charge in [0.15, 0.2) is 0 Å². The number of carbonyl (C=O) groups is 1. The first kappa shape index (κ1) is 30.5. The van der Waals surface area contributed by atoms with Gasteiger partial charge in [-0.15, -0.1) is 14.6 Å². The Hall–Kier alpha value is -1.55. The highest BCUT2D eigenvalue weighted by Gasteiger charge is 2.33. The third kappa shape index (κ3) is 8.91. The molecule has 5 unspecified atom stereocenters. The molecule has 0 aliphatic rings.